The third-order valence-electron chi connectivity index (χ3n) is 4.84. The lowest BCUT2D eigenvalue weighted by atomic mass is 9.84. The van der Waals surface area contributed by atoms with E-state index < -0.39 is 0 Å². The van der Waals surface area contributed by atoms with Crippen LogP contribution in [0.15, 0.2) is 29.3 Å². The minimum Gasteiger partial charge on any atom is -0.469 e. The maximum atomic E-state index is 13.5. The Labute approximate surface area is 172 Å². The van der Waals surface area contributed by atoms with Crippen molar-refractivity contribution in [3.05, 3.63) is 35.6 Å². The van der Waals surface area contributed by atoms with Crippen molar-refractivity contribution in [2.45, 2.75) is 32.1 Å². The molecule has 1 heterocycles. The number of nitrogens with zero attached hydrogens (tertiary/aromatic N) is 2. The number of ether oxygens (including phenoxy) is 1. The molecule has 146 valence electrons. The van der Waals surface area contributed by atoms with Crippen LogP contribution in [0.5, 0.6) is 0 Å². The zero-order valence-corrected chi connectivity index (χ0v) is 18.2. The van der Waals surface area contributed by atoms with E-state index in [-0.39, 0.29) is 47.1 Å². The van der Waals surface area contributed by atoms with Crippen LogP contribution >= 0.6 is 24.0 Å². The van der Waals surface area contributed by atoms with Crippen molar-refractivity contribution < 1.29 is 13.9 Å². The Morgan fingerprint density at radius 2 is 2.04 bits per heavy atom. The second-order valence-corrected chi connectivity index (χ2v) is 7.08. The van der Waals surface area contributed by atoms with Gasteiger partial charge in [0.2, 0.25) is 0 Å². The first-order valence-electron chi connectivity index (χ1n) is 8.67. The lowest BCUT2D eigenvalue weighted by Crippen LogP contribution is -2.49. The summed E-state index contributed by atoms with van der Waals surface area (Å²) in [6.45, 7) is 6.32. The van der Waals surface area contributed by atoms with Gasteiger partial charge in [0.15, 0.2) is 5.96 Å². The third kappa shape index (κ3) is 5.82. The van der Waals surface area contributed by atoms with Crippen molar-refractivity contribution in [2.75, 3.05) is 33.8 Å². The summed E-state index contributed by atoms with van der Waals surface area (Å²) in [5, 5.41) is 3.39. The van der Waals surface area contributed by atoms with Gasteiger partial charge in [-0.15, -0.1) is 24.0 Å². The Bertz CT molecular complexity index is 629. The van der Waals surface area contributed by atoms with E-state index in [4.69, 9.17) is 4.74 Å². The third-order valence-corrected chi connectivity index (χ3v) is 4.84. The molecule has 1 fully saturated rings. The molecular weight excluding hydrogens is 448 g/mol. The summed E-state index contributed by atoms with van der Waals surface area (Å²) in [5.41, 5.74) is 0.711. The Hall–Kier alpha value is -1.38. The van der Waals surface area contributed by atoms with E-state index in [1.54, 1.807) is 19.2 Å². The van der Waals surface area contributed by atoms with Gasteiger partial charge in [-0.25, -0.2) is 4.39 Å². The minimum absolute atomic E-state index is 0. The highest BCUT2D eigenvalue weighted by atomic mass is 127. The second-order valence-electron chi connectivity index (χ2n) is 7.08. The normalized spacial score (nSPS) is 16.0. The Kier molecular flexibility index (Phi) is 8.79. The zero-order chi connectivity index (χ0) is 18.4. The fourth-order valence-electron chi connectivity index (χ4n) is 3.14. The minimum atomic E-state index is -0.234. The summed E-state index contributed by atoms with van der Waals surface area (Å²) in [4.78, 5) is 18.1. The zero-order valence-electron chi connectivity index (χ0n) is 15.9. The van der Waals surface area contributed by atoms with Crippen LogP contribution < -0.4 is 5.32 Å². The van der Waals surface area contributed by atoms with Gasteiger partial charge in [-0.3, -0.25) is 9.79 Å². The number of rotatable bonds is 4. The van der Waals surface area contributed by atoms with Crippen LogP contribution in [0.3, 0.4) is 0 Å². The highest BCUT2D eigenvalue weighted by Crippen LogP contribution is 2.23. The van der Waals surface area contributed by atoms with E-state index in [2.05, 4.69) is 29.1 Å². The average molecular weight is 477 g/mol. The van der Waals surface area contributed by atoms with Crippen molar-refractivity contribution in [3.63, 3.8) is 0 Å². The maximum absolute atomic E-state index is 13.5. The van der Waals surface area contributed by atoms with Crippen LogP contribution in [0.1, 0.15) is 32.3 Å². The number of piperidine rings is 1. The molecule has 0 spiro atoms. The fraction of sp³-hybridized carbons (Fsp3) is 0.579. The van der Waals surface area contributed by atoms with E-state index in [0.29, 0.717) is 6.54 Å². The predicted molar refractivity (Wildman–Crippen MR) is 113 cm³/mol. The van der Waals surface area contributed by atoms with Gasteiger partial charge in [-0.05, 0) is 30.5 Å². The maximum Gasteiger partial charge on any atom is 0.308 e. The van der Waals surface area contributed by atoms with Crippen molar-refractivity contribution in [1.82, 2.24) is 10.2 Å². The molecule has 1 N–H and O–H groups in total. The summed E-state index contributed by atoms with van der Waals surface area (Å²) < 4.78 is 18.3. The van der Waals surface area contributed by atoms with Gasteiger partial charge < -0.3 is 15.0 Å². The van der Waals surface area contributed by atoms with E-state index in [0.717, 1.165) is 37.5 Å². The van der Waals surface area contributed by atoms with Gasteiger partial charge in [0.05, 0.1) is 13.0 Å². The molecule has 0 aliphatic carbocycles. The molecule has 0 aromatic heterocycles. The monoisotopic (exact) mass is 477 g/mol. The summed E-state index contributed by atoms with van der Waals surface area (Å²) in [5.74, 6) is 0.436. The molecule has 5 nitrogen and oxygen atoms in total. The van der Waals surface area contributed by atoms with E-state index >= 15 is 0 Å². The number of carbonyl (C=O) groups is 1. The fourth-order valence-corrected chi connectivity index (χ4v) is 3.14. The Balaban J connectivity index is 0.00000338. The van der Waals surface area contributed by atoms with Gasteiger partial charge in [0.25, 0.3) is 0 Å². The van der Waals surface area contributed by atoms with Crippen molar-refractivity contribution in [1.29, 1.82) is 0 Å². The van der Waals surface area contributed by atoms with Gasteiger partial charge in [0.1, 0.15) is 5.82 Å². The number of nitrogens with one attached hydrogen (secondary N) is 1. The molecule has 1 aromatic carbocycles. The number of methoxy groups -OCH3 is 1. The van der Waals surface area contributed by atoms with Gasteiger partial charge in [-0.1, -0.05) is 26.0 Å². The first-order valence-corrected chi connectivity index (χ1v) is 8.67. The summed E-state index contributed by atoms with van der Waals surface area (Å²) in [6, 6.07) is 6.71. The van der Waals surface area contributed by atoms with E-state index in [1.807, 2.05) is 6.07 Å². The molecule has 0 unspecified atom stereocenters. The van der Waals surface area contributed by atoms with Crippen LogP contribution in [0.2, 0.25) is 0 Å². The van der Waals surface area contributed by atoms with Crippen molar-refractivity contribution in [2.24, 2.45) is 10.9 Å². The smallest absolute Gasteiger partial charge is 0.308 e. The molecular formula is C19H29FIN3O2. The molecule has 1 aromatic rings. The van der Waals surface area contributed by atoms with Gasteiger partial charge >= 0.3 is 5.97 Å². The standard InChI is InChI=1S/C19H28FN3O2.HI/c1-19(2,15-6-5-7-16(20)12-15)13-22-18(21-3)23-10-8-14(9-11-23)17(24)25-4;/h5-7,12,14H,8-11,13H2,1-4H3,(H,21,22);1H. The predicted octanol–water partition coefficient (Wildman–Crippen LogP) is 3.18. The van der Waals surface area contributed by atoms with Gasteiger partial charge in [0, 0.05) is 32.1 Å². The lowest BCUT2D eigenvalue weighted by Gasteiger charge is -2.35. The highest BCUT2D eigenvalue weighted by Gasteiger charge is 2.28. The first kappa shape index (κ1) is 22.7. The summed E-state index contributed by atoms with van der Waals surface area (Å²) in [6.07, 6.45) is 1.53. The quantitative estimate of drug-likeness (QED) is 0.313. The number of benzene rings is 1. The average Bonchev–Trinajstić information content (AvgIpc) is 2.62. The first-order chi connectivity index (χ1) is 11.9. The van der Waals surface area contributed by atoms with E-state index in [1.165, 1.54) is 13.2 Å². The number of guanidine groups is 1. The highest BCUT2D eigenvalue weighted by molar-refractivity contribution is 14.0. The van der Waals surface area contributed by atoms with Crippen LogP contribution in [0.4, 0.5) is 4.39 Å². The summed E-state index contributed by atoms with van der Waals surface area (Å²) in [7, 11) is 3.19. The van der Waals surface area contributed by atoms with Crippen LogP contribution in [-0.2, 0) is 14.9 Å². The number of esters is 1. The number of hydrogen-bond donors (Lipinski definition) is 1. The molecule has 1 aliphatic heterocycles. The van der Waals surface area contributed by atoms with E-state index in [9.17, 15) is 9.18 Å². The molecule has 0 radical (unpaired) electrons. The number of halogens is 2. The number of likely N-dealkylation sites (tertiary alicyclic amines) is 1. The molecule has 1 aliphatic rings. The van der Waals surface area contributed by atoms with Crippen molar-refractivity contribution in [3.8, 4) is 0 Å². The molecule has 0 atom stereocenters. The van der Waals surface area contributed by atoms with Crippen LogP contribution in [-0.4, -0.2) is 50.6 Å². The molecule has 1 saturated heterocycles. The second kappa shape index (κ2) is 10.1. The number of carbonyl (C=O) groups excluding carboxylic acids is 1. The molecule has 7 heteroatoms. The number of hydrogen-bond acceptors (Lipinski definition) is 3. The Morgan fingerprint density at radius 3 is 2.58 bits per heavy atom. The van der Waals surface area contributed by atoms with Crippen LogP contribution in [0, 0.1) is 11.7 Å². The lowest BCUT2D eigenvalue weighted by molar-refractivity contribution is -0.146. The Morgan fingerprint density at radius 1 is 1.38 bits per heavy atom. The topological polar surface area (TPSA) is 53.9 Å². The number of aliphatic imine (C=N–C) groups is 1. The molecule has 26 heavy (non-hydrogen) atoms. The molecule has 0 amide bonds. The molecule has 2 rings (SSSR count). The molecule has 0 saturated carbocycles. The largest absolute Gasteiger partial charge is 0.469 e. The van der Waals surface area contributed by atoms with Gasteiger partial charge in [-0.2, -0.15) is 0 Å². The SMILES string of the molecule is CN=C(NCC(C)(C)c1cccc(F)c1)N1CCC(C(=O)OC)CC1.I. The van der Waals surface area contributed by atoms with Crippen molar-refractivity contribution >= 4 is 35.9 Å². The van der Waals surface area contributed by atoms with Crippen LogP contribution in [0.25, 0.3) is 0 Å². The summed E-state index contributed by atoms with van der Waals surface area (Å²) >= 11 is 0. The molecule has 0 bridgehead atoms.